The second-order valence-electron chi connectivity index (χ2n) is 13.5. The minimum Gasteiger partial charge on any atom is -0.489 e. The van der Waals surface area contributed by atoms with Gasteiger partial charge in [-0.1, -0.05) is 54.6 Å². The third-order valence-corrected chi connectivity index (χ3v) is 8.52. The zero-order valence-corrected chi connectivity index (χ0v) is 28.5. The van der Waals surface area contributed by atoms with Crippen molar-refractivity contribution in [2.75, 3.05) is 39.9 Å². The summed E-state index contributed by atoms with van der Waals surface area (Å²) in [5.41, 5.74) is 2.49. The summed E-state index contributed by atoms with van der Waals surface area (Å²) in [6, 6.07) is 23.8. The number of amides is 3. The van der Waals surface area contributed by atoms with Crippen molar-refractivity contribution < 1.29 is 38.1 Å². The molecule has 11 nitrogen and oxygen atoms in total. The quantitative estimate of drug-likeness (QED) is 0.261. The molecule has 0 radical (unpaired) electrons. The van der Waals surface area contributed by atoms with E-state index in [0.29, 0.717) is 50.6 Å². The molecule has 5 rings (SSSR count). The van der Waals surface area contributed by atoms with Crippen LogP contribution in [0.3, 0.4) is 0 Å². The number of aldehydes is 1. The molecule has 0 aliphatic carbocycles. The number of benzene rings is 3. The Morgan fingerprint density at radius 2 is 1.63 bits per heavy atom. The van der Waals surface area contributed by atoms with E-state index < -0.39 is 23.8 Å². The molecule has 0 spiro atoms. The molecule has 11 heteroatoms. The third-order valence-electron chi connectivity index (χ3n) is 8.52. The van der Waals surface area contributed by atoms with Gasteiger partial charge in [-0.2, -0.15) is 0 Å². The standard InChI is InChI=1S/C38H45N3O8/c1-38(2,3)49-37(45)41-21-30-24-46-25-31(22-41)34(30)48-36(44)39-33(27-10-6-5-7-11-27)29-12-8-13-32(20-29)47-23-26-14-16-28(17-15-26)35(43)40(4)18-9-19-42/h5-8,10-17,19-20,30-31,33-34H,9,18,21-25H2,1-4H3,(H,39,44). The normalized spacial score (nSPS) is 19.3. The Morgan fingerprint density at radius 1 is 0.959 bits per heavy atom. The van der Waals surface area contributed by atoms with Gasteiger partial charge in [-0.05, 0) is 61.7 Å². The van der Waals surface area contributed by atoms with Crippen LogP contribution in [0.5, 0.6) is 5.75 Å². The Bertz CT molecular complexity index is 1580. The third kappa shape index (κ3) is 9.60. The van der Waals surface area contributed by atoms with Crippen LogP contribution in [-0.2, 0) is 25.6 Å². The van der Waals surface area contributed by atoms with Crippen LogP contribution in [0, 0.1) is 11.8 Å². The summed E-state index contributed by atoms with van der Waals surface area (Å²) < 4.78 is 23.6. The molecule has 2 bridgehead atoms. The molecule has 2 fully saturated rings. The SMILES string of the molecule is CN(CCC=O)C(=O)c1ccc(COc2cccc(C(NC(=O)OC3C4COCC3CN(C(=O)OC(C)(C)C)C4)c3ccccc3)c2)cc1. The fraction of sp³-hybridized carbons (Fsp3) is 0.421. The van der Waals surface area contributed by atoms with Crippen LogP contribution in [0.15, 0.2) is 78.9 Å². The lowest BCUT2D eigenvalue weighted by Crippen LogP contribution is -2.59. The van der Waals surface area contributed by atoms with Crippen LogP contribution >= 0.6 is 0 Å². The smallest absolute Gasteiger partial charge is 0.410 e. The molecule has 2 heterocycles. The number of likely N-dealkylation sites (tertiary alicyclic amines) is 1. The first-order chi connectivity index (χ1) is 23.5. The number of fused-ring (bicyclic) bond motifs is 2. The second kappa shape index (κ2) is 16.0. The van der Waals surface area contributed by atoms with Gasteiger partial charge >= 0.3 is 12.2 Å². The Morgan fingerprint density at radius 3 is 2.29 bits per heavy atom. The minimum absolute atomic E-state index is 0.150. The maximum Gasteiger partial charge on any atom is 0.410 e. The van der Waals surface area contributed by atoms with E-state index in [2.05, 4.69) is 5.32 Å². The lowest BCUT2D eigenvalue weighted by atomic mass is 9.85. The van der Waals surface area contributed by atoms with Crippen molar-refractivity contribution >= 4 is 24.4 Å². The van der Waals surface area contributed by atoms with E-state index in [4.69, 9.17) is 18.9 Å². The van der Waals surface area contributed by atoms with Crippen molar-refractivity contribution in [1.29, 1.82) is 0 Å². The number of hydrogen-bond acceptors (Lipinski definition) is 8. The molecule has 260 valence electrons. The Labute approximate surface area is 287 Å². The molecule has 2 saturated heterocycles. The molecule has 3 aromatic rings. The number of hydrogen-bond donors (Lipinski definition) is 1. The monoisotopic (exact) mass is 671 g/mol. The number of rotatable bonds is 11. The van der Waals surface area contributed by atoms with Crippen LogP contribution in [0.25, 0.3) is 0 Å². The zero-order valence-electron chi connectivity index (χ0n) is 28.5. The molecular weight excluding hydrogens is 626 g/mol. The van der Waals surface area contributed by atoms with Gasteiger partial charge in [-0.3, -0.25) is 4.79 Å². The van der Waals surface area contributed by atoms with Gasteiger partial charge in [0.15, 0.2) is 0 Å². The zero-order chi connectivity index (χ0) is 35.0. The highest BCUT2D eigenvalue weighted by molar-refractivity contribution is 5.94. The lowest BCUT2D eigenvalue weighted by molar-refractivity contribution is -0.124. The number of carbonyl (C=O) groups excluding carboxylic acids is 4. The molecule has 0 saturated carbocycles. The summed E-state index contributed by atoms with van der Waals surface area (Å²) in [5.74, 6) is 0.118. The summed E-state index contributed by atoms with van der Waals surface area (Å²) in [6.45, 7) is 7.67. The number of nitrogens with one attached hydrogen (secondary N) is 1. The number of carbonyl (C=O) groups is 4. The summed E-state index contributed by atoms with van der Waals surface area (Å²) in [7, 11) is 1.67. The summed E-state index contributed by atoms with van der Waals surface area (Å²) in [5, 5.41) is 3.07. The first kappa shape index (κ1) is 35.4. The number of piperidine rings is 1. The fourth-order valence-electron chi connectivity index (χ4n) is 6.11. The first-order valence-corrected chi connectivity index (χ1v) is 16.6. The highest BCUT2D eigenvalue weighted by Gasteiger charge is 2.45. The average molecular weight is 672 g/mol. The van der Waals surface area contributed by atoms with Crippen molar-refractivity contribution in [3.63, 3.8) is 0 Å². The summed E-state index contributed by atoms with van der Waals surface area (Å²) in [6.07, 6.45) is -0.247. The van der Waals surface area contributed by atoms with E-state index >= 15 is 0 Å². The van der Waals surface area contributed by atoms with Gasteiger partial charge in [0.25, 0.3) is 5.91 Å². The van der Waals surface area contributed by atoms with Crippen LogP contribution in [-0.4, -0.2) is 85.8 Å². The molecule has 49 heavy (non-hydrogen) atoms. The Hall–Kier alpha value is -4.90. The van der Waals surface area contributed by atoms with E-state index in [-0.39, 0.29) is 30.4 Å². The van der Waals surface area contributed by atoms with Crippen LogP contribution in [0.4, 0.5) is 9.59 Å². The van der Waals surface area contributed by atoms with Crippen LogP contribution in [0.1, 0.15) is 60.3 Å². The molecule has 3 atom stereocenters. The Kier molecular flexibility index (Phi) is 11.6. The highest BCUT2D eigenvalue weighted by atomic mass is 16.6. The lowest BCUT2D eigenvalue weighted by Gasteiger charge is -2.46. The number of alkyl carbamates (subject to hydrolysis) is 1. The van der Waals surface area contributed by atoms with Gasteiger partial charge in [-0.15, -0.1) is 0 Å². The predicted molar refractivity (Wildman–Crippen MR) is 182 cm³/mol. The average Bonchev–Trinajstić information content (AvgIpc) is 3.08. The van der Waals surface area contributed by atoms with Crippen molar-refractivity contribution in [3.8, 4) is 5.75 Å². The fourth-order valence-corrected chi connectivity index (χ4v) is 6.11. The highest BCUT2D eigenvalue weighted by Crippen LogP contribution is 2.32. The number of nitrogens with zero attached hydrogens (tertiary/aromatic N) is 2. The molecular formula is C38H45N3O8. The van der Waals surface area contributed by atoms with Crippen molar-refractivity contribution in [2.24, 2.45) is 11.8 Å². The van der Waals surface area contributed by atoms with Gasteiger partial charge in [0.1, 0.15) is 30.3 Å². The van der Waals surface area contributed by atoms with E-state index in [1.807, 2.05) is 87.5 Å². The maximum atomic E-state index is 13.5. The molecule has 2 aliphatic rings. The van der Waals surface area contributed by atoms with Gasteiger partial charge in [0.05, 0.1) is 19.3 Å². The molecule has 3 amide bonds. The van der Waals surface area contributed by atoms with Crippen LogP contribution in [0.2, 0.25) is 0 Å². The van der Waals surface area contributed by atoms with Gasteiger partial charge in [0, 0.05) is 50.5 Å². The van der Waals surface area contributed by atoms with Crippen LogP contribution < -0.4 is 10.1 Å². The second-order valence-corrected chi connectivity index (χ2v) is 13.5. The molecule has 0 aromatic heterocycles. The van der Waals surface area contributed by atoms with Crippen molar-refractivity contribution in [3.05, 3.63) is 101 Å². The Balaban J connectivity index is 1.24. The van der Waals surface area contributed by atoms with E-state index in [1.54, 1.807) is 24.1 Å². The minimum atomic E-state index is -0.603. The summed E-state index contributed by atoms with van der Waals surface area (Å²) in [4.78, 5) is 52.7. The van der Waals surface area contributed by atoms with Crippen molar-refractivity contribution in [2.45, 2.75) is 51.5 Å². The van der Waals surface area contributed by atoms with Gasteiger partial charge < -0.3 is 38.9 Å². The largest absolute Gasteiger partial charge is 0.489 e. The van der Waals surface area contributed by atoms with Gasteiger partial charge in [-0.25, -0.2) is 9.59 Å². The topological polar surface area (TPSA) is 124 Å². The maximum absolute atomic E-state index is 13.5. The molecule has 3 aromatic carbocycles. The van der Waals surface area contributed by atoms with Crippen molar-refractivity contribution in [1.82, 2.24) is 15.1 Å². The molecule has 1 N–H and O–H groups in total. The van der Waals surface area contributed by atoms with E-state index in [9.17, 15) is 19.2 Å². The first-order valence-electron chi connectivity index (χ1n) is 16.6. The van der Waals surface area contributed by atoms with E-state index in [0.717, 1.165) is 23.0 Å². The van der Waals surface area contributed by atoms with E-state index in [1.165, 1.54) is 4.90 Å². The number of ether oxygens (including phenoxy) is 4. The summed E-state index contributed by atoms with van der Waals surface area (Å²) >= 11 is 0. The van der Waals surface area contributed by atoms with Gasteiger partial charge in [0.2, 0.25) is 0 Å². The predicted octanol–water partition coefficient (Wildman–Crippen LogP) is 5.62. The molecule has 2 aliphatic heterocycles. The molecule has 3 unspecified atom stereocenters.